The van der Waals surface area contributed by atoms with E-state index in [1.807, 2.05) is 26.0 Å². The molecule has 1 rings (SSSR count). The molecule has 0 aliphatic heterocycles. The summed E-state index contributed by atoms with van der Waals surface area (Å²) >= 11 is 0. The molecule has 0 aromatic heterocycles. The second kappa shape index (κ2) is 5.78. The van der Waals surface area contributed by atoms with Crippen LogP contribution in [0.3, 0.4) is 0 Å². The van der Waals surface area contributed by atoms with E-state index >= 15 is 0 Å². The van der Waals surface area contributed by atoms with Crippen LogP contribution in [0.5, 0.6) is 5.75 Å². The highest BCUT2D eigenvalue weighted by molar-refractivity contribution is 5.52. The van der Waals surface area contributed by atoms with Gasteiger partial charge in [-0.15, -0.1) is 0 Å². The molecule has 0 radical (unpaired) electrons. The third-order valence-electron chi connectivity index (χ3n) is 3.10. The quantitative estimate of drug-likeness (QED) is 0.769. The van der Waals surface area contributed by atoms with Crippen molar-refractivity contribution in [3.05, 3.63) is 23.3 Å². The topological polar surface area (TPSA) is 35.2 Å². The Bertz CT molecular complexity index is 320. The van der Waals surface area contributed by atoms with Crippen LogP contribution in [0.4, 0.5) is 5.69 Å². The molecule has 1 aromatic carbocycles. The fourth-order valence-electron chi connectivity index (χ4n) is 1.94. The van der Waals surface area contributed by atoms with Gasteiger partial charge in [0, 0.05) is 5.69 Å². The molecule has 0 fully saturated rings. The van der Waals surface area contributed by atoms with E-state index in [2.05, 4.69) is 13.8 Å². The van der Waals surface area contributed by atoms with Gasteiger partial charge in [-0.25, -0.2) is 0 Å². The average Bonchev–Trinajstić information content (AvgIpc) is 2.22. The molecule has 0 heterocycles. The van der Waals surface area contributed by atoms with E-state index in [0.717, 1.165) is 29.2 Å². The van der Waals surface area contributed by atoms with Gasteiger partial charge in [0.2, 0.25) is 0 Å². The smallest absolute Gasteiger partial charge is 0.125 e. The monoisotopic (exact) mass is 221 g/mol. The minimum absolute atomic E-state index is 0.649. The molecular formula is C14H23NO. The van der Waals surface area contributed by atoms with Gasteiger partial charge in [0.15, 0.2) is 0 Å². The molecule has 2 N–H and O–H groups in total. The third-order valence-corrected chi connectivity index (χ3v) is 3.10. The Morgan fingerprint density at radius 1 is 1.12 bits per heavy atom. The molecule has 0 atom stereocenters. The molecule has 0 aliphatic rings. The Kier molecular flexibility index (Phi) is 4.66. The zero-order valence-electron chi connectivity index (χ0n) is 10.8. The molecule has 0 bridgehead atoms. The highest BCUT2D eigenvalue weighted by atomic mass is 16.5. The summed E-state index contributed by atoms with van der Waals surface area (Å²) in [7, 11) is 0. The predicted octanol–water partition coefficient (Wildman–Crippen LogP) is 3.70. The van der Waals surface area contributed by atoms with Crippen LogP contribution in [0.2, 0.25) is 0 Å². The predicted molar refractivity (Wildman–Crippen MR) is 69.9 cm³/mol. The van der Waals surface area contributed by atoms with Gasteiger partial charge in [-0.1, -0.05) is 26.7 Å². The second-order valence-electron chi connectivity index (χ2n) is 4.48. The van der Waals surface area contributed by atoms with Crippen LogP contribution in [0, 0.1) is 19.8 Å². The van der Waals surface area contributed by atoms with Gasteiger partial charge in [-0.3, -0.25) is 0 Å². The number of benzene rings is 1. The minimum atomic E-state index is 0.649. The van der Waals surface area contributed by atoms with Gasteiger partial charge in [0.05, 0.1) is 6.61 Å². The molecule has 2 nitrogen and oxygen atoms in total. The van der Waals surface area contributed by atoms with Crippen molar-refractivity contribution in [3.63, 3.8) is 0 Å². The SMILES string of the molecule is CCC(CC)COc1c(C)cc(N)cc1C. The number of anilines is 1. The summed E-state index contributed by atoms with van der Waals surface area (Å²) in [5.74, 6) is 1.65. The van der Waals surface area contributed by atoms with Crippen LogP contribution in [-0.4, -0.2) is 6.61 Å². The van der Waals surface area contributed by atoms with Crippen molar-refractivity contribution >= 4 is 5.69 Å². The Morgan fingerprint density at radius 3 is 2.06 bits per heavy atom. The van der Waals surface area contributed by atoms with Crippen LogP contribution in [-0.2, 0) is 0 Å². The number of nitrogens with two attached hydrogens (primary N) is 1. The molecule has 16 heavy (non-hydrogen) atoms. The molecule has 1 aromatic rings. The number of hydrogen-bond donors (Lipinski definition) is 1. The normalized spacial score (nSPS) is 10.8. The number of ether oxygens (including phenoxy) is 1. The lowest BCUT2D eigenvalue weighted by Gasteiger charge is -2.17. The van der Waals surface area contributed by atoms with E-state index in [0.29, 0.717) is 5.92 Å². The summed E-state index contributed by atoms with van der Waals surface area (Å²) in [6, 6.07) is 3.93. The van der Waals surface area contributed by atoms with Gasteiger partial charge in [-0.2, -0.15) is 0 Å². The number of hydrogen-bond acceptors (Lipinski definition) is 2. The maximum absolute atomic E-state index is 5.91. The Balaban J connectivity index is 2.74. The fourth-order valence-corrected chi connectivity index (χ4v) is 1.94. The first kappa shape index (κ1) is 12.9. The van der Waals surface area contributed by atoms with E-state index in [4.69, 9.17) is 10.5 Å². The van der Waals surface area contributed by atoms with Crippen LogP contribution in [0.25, 0.3) is 0 Å². The van der Waals surface area contributed by atoms with Crippen molar-refractivity contribution in [3.8, 4) is 5.75 Å². The number of nitrogen functional groups attached to an aromatic ring is 1. The molecule has 2 heteroatoms. The summed E-state index contributed by atoms with van der Waals surface area (Å²) in [5.41, 5.74) is 8.85. The van der Waals surface area contributed by atoms with Crippen molar-refractivity contribution in [2.75, 3.05) is 12.3 Å². The Labute approximate surface area is 98.8 Å². The van der Waals surface area contributed by atoms with Crippen molar-refractivity contribution in [2.24, 2.45) is 5.92 Å². The zero-order chi connectivity index (χ0) is 12.1. The van der Waals surface area contributed by atoms with Crippen LogP contribution >= 0.6 is 0 Å². The van der Waals surface area contributed by atoms with Gasteiger partial charge in [0.25, 0.3) is 0 Å². The largest absolute Gasteiger partial charge is 0.493 e. The maximum Gasteiger partial charge on any atom is 0.125 e. The summed E-state index contributed by atoms with van der Waals surface area (Å²) in [6.07, 6.45) is 2.34. The first-order valence-electron chi connectivity index (χ1n) is 6.08. The maximum atomic E-state index is 5.91. The first-order chi connectivity index (χ1) is 7.58. The van der Waals surface area contributed by atoms with Crippen molar-refractivity contribution in [2.45, 2.75) is 40.5 Å². The number of rotatable bonds is 5. The van der Waals surface area contributed by atoms with Gasteiger partial charge in [0.1, 0.15) is 5.75 Å². The lowest BCUT2D eigenvalue weighted by atomic mass is 10.0. The molecule has 0 saturated heterocycles. The van der Waals surface area contributed by atoms with Crippen LogP contribution in [0.15, 0.2) is 12.1 Å². The summed E-state index contributed by atoms with van der Waals surface area (Å²) in [4.78, 5) is 0. The van der Waals surface area contributed by atoms with Gasteiger partial charge in [-0.05, 0) is 43.0 Å². The fraction of sp³-hybridized carbons (Fsp3) is 0.571. The Morgan fingerprint density at radius 2 is 1.62 bits per heavy atom. The first-order valence-corrected chi connectivity index (χ1v) is 6.08. The summed E-state index contributed by atoms with van der Waals surface area (Å²) in [6.45, 7) is 9.32. The molecule has 90 valence electrons. The van der Waals surface area contributed by atoms with Crippen molar-refractivity contribution in [1.29, 1.82) is 0 Å². The van der Waals surface area contributed by atoms with E-state index in [-0.39, 0.29) is 0 Å². The van der Waals surface area contributed by atoms with E-state index < -0.39 is 0 Å². The molecule has 0 spiro atoms. The summed E-state index contributed by atoms with van der Waals surface area (Å²) in [5, 5.41) is 0. The third kappa shape index (κ3) is 3.16. The lowest BCUT2D eigenvalue weighted by molar-refractivity contribution is 0.238. The molecule has 0 saturated carbocycles. The molecule has 0 aliphatic carbocycles. The van der Waals surface area contributed by atoms with E-state index in [1.54, 1.807) is 0 Å². The standard InChI is InChI=1S/C14H23NO/c1-5-12(6-2)9-16-14-10(3)7-13(15)8-11(14)4/h7-8,12H,5-6,9,15H2,1-4H3. The molecule has 0 amide bonds. The van der Waals surface area contributed by atoms with Crippen molar-refractivity contribution in [1.82, 2.24) is 0 Å². The highest BCUT2D eigenvalue weighted by Crippen LogP contribution is 2.26. The molecule has 0 unspecified atom stereocenters. The molecular weight excluding hydrogens is 198 g/mol. The zero-order valence-corrected chi connectivity index (χ0v) is 10.8. The second-order valence-corrected chi connectivity index (χ2v) is 4.48. The lowest BCUT2D eigenvalue weighted by Crippen LogP contribution is -2.11. The van der Waals surface area contributed by atoms with E-state index in [1.165, 1.54) is 12.8 Å². The van der Waals surface area contributed by atoms with Crippen molar-refractivity contribution < 1.29 is 4.74 Å². The average molecular weight is 221 g/mol. The minimum Gasteiger partial charge on any atom is -0.493 e. The van der Waals surface area contributed by atoms with Crippen LogP contribution < -0.4 is 10.5 Å². The van der Waals surface area contributed by atoms with Gasteiger partial charge >= 0.3 is 0 Å². The highest BCUT2D eigenvalue weighted by Gasteiger charge is 2.08. The van der Waals surface area contributed by atoms with E-state index in [9.17, 15) is 0 Å². The Hall–Kier alpha value is -1.18. The van der Waals surface area contributed by atoms with Gasteiger partial charge < -0.3 is 10.5 Å². The van der Waals surface area contributed by atoms with Crippen LogP contribution in [0.1, 0.15) is 37.8 Å². The summed E-state index contributed by atoms with van der Waals surface area (Å²) < 4.78 is 5.91. The number of aryl methyl sites for hydroxylation is 2.